The number of aliphatic carboxylic acids is 1. The minimum absolute atomic E-state index is 0.248. The fraction of sp³-hybridized carbons (Fsp3) is 0.133. The number of rotatable bonds is 5. The largest absolute Gasteiger partial charge is 0.480 e. The van der Waals surface area contributed by atoms with Gasteiger partial charge in [-0.1, -0.05) is 6.07 Å². The van der Waals surface area contributed by atoms with Gasteiger partial charge in [-0.15, -0.1) is 11.3 Å². The molecule has 118 valence electrons. The maximum absolute atomic E-state index is 12.3. The smallest absolute Gasteiger partial charge is 0.326 e. The summed E-state index contributed by atoms with van der Waals surface area (Å²) in [5, 5.41) is 13.7. The van der Waals surface area contributed by atoms with Gasteiger partial charge in [0.1, 0.15) is 6.04 Å². The summed E-state index contributed by atoms with van der Waals surface area (Å²) in [6, 6.07) is 7.54. The molecule has 1 amide bonds. The van der Waals surface area contributed by atoms with E-state index < -0.39 is 17.9 Å². The summed E-state index contributed by atoms with van der Waals surface area (Å²) in [5.74, 6) is -1.26. The first kappa shape index (κ1) is 15.0. The minimum Gasteiger partial charge on any atom is -0.480 e. The van der Waals surface area contributed by atoms with Crippen molar-refractivity contribution in [2.24, 2.45) is 0 Å². The second-order valence-corrected chi connectivity index (χ2v) is 6.03. The highest BCUT2D eigenvalue weighted by atomic mass is 32.1. The number of fused-ring (bicyclic) bond motifs is 1. The molecule has 1 aromatic carbocycles. The monoisotopic (exact) mass is 330 g/mol. The zero-order valence-corrected chi connectivity index (χ0v) is 12.8. The number of aromatic nitrogens is 2. The third-order valence-corrected chi connectivity index (χ3v) is 4.25. The summed E-state index contributed by atoms with van der Waals surface area (Å²) >= 11 is 1.45. The van der Waals surface area contributed by atoms with Crippen LogP contribution in [0.15, 0.2) is 35.7 Å². The summed E-state index contributed by atoms with van der Waals surface area (Å²) in [6.07, 6.45) is 0.248. The molecule has 23 heavy (non-hydrogen) atoms. The number of nitrogen functional groups attached to an aromatic ring is 1. The molecule has 1 unspecified atom stereocenters. The Morgan fingerprint density at radius 1 is 1.39 bits per heavy atom. The van der Waals surface area contributed by atoms with Gasteiger partial charge in [-0.05, 0) is 29.6 Å². The number of carbonyl (C=O) groups excluding carboxylic acids is 1. The Hall–Kier alpha value is -2.87. The number of amides is 1. The Labute approximate surface area is 135 Å². The number of nitrogens with two attached hydrogens (primary N) is 1. The zero-order chi connectivity index (χ0) is 16.4. The predicted octanol–water partition coefficient (Wildman–Crippen LogP) is 1.63. The Morgan fingerprint density at radius 2 is 2.22 bits per heavy atom. The van der Waals surface area contributed by atoms with E-state index in [1.54, 1.807) is 18.2 Å². The van der Waals surface area contributed by atoms with Crippen LogP contribution in [0.1, 0.15) is 15.2 Å². The van der Waals surface area contributed by atoms with E-state index >= 15 is 0 Å². The zero-order valence-electron chi connectivity index (χ0n) is 11.9. The first-order valence-corrected chi connectivity index (χ1v) is 7.72. The van der Waals surface area contributed by atoms with Crippen LogP contribution in [0, 0.1) is 0 Å². The molecule has 0 radical (unpaired) electrons. The van der Waals surface area contributed by atoms with Crippen LogP contribution < -0.4 is 11.1 Å². The molecular formula is C15H14N4O3S. The Bertz CT molecular complexity index is 857. The van der Waals surface area contributed by atoms with E-state index in [0.29, 0.717) is 16.6 Å². The van der Waals surface area contributed by atoms with Crippen molar-refractivity contribution in [2.45, 2.75) is 12.5 Å². The van der Waals surface area contributed by atoms with Crippen LogP contribution in [0.2, 0.25) is 0 Å². The minimum atomic E-state index is -1.07. The van der Waals surface area contributed by atoms with Crippen molar-refractivity contribution in [3.8, 4) is 0 Å². The van der Waals surface area contributed by atoms with Crippen molar-refractivity contribution in [3.63, 3.8) is 0 Å². The normalized spacial score (nSPS) is 12.2. The summed E-state index contributed by atoms with van der Waals surface area (Å²) in [6.45, 7) is 0. The van der Waals surface area contributed by atoms with Crippen LogP contribution in [0.25, 0.3) is 11.0 Å². The van der Waals surface area contributed by atoms with Crippen molar-refractivity contribution in [3.05, 3.63) is 46.2 Å². The predicted molar refractivity (Wildman–Crippen MR) is 87.4 cm³/mol. The molecule has 2 aromatic heterocycles. The Balaban J connectivity index is 1.78. The molecule has 0 spiro atoms. The first-order chi connectivity index (χ1) is 11.0. The van der Waals surface area contributed by atoms with Crippen molar-refractivity contribution < 1.29 is 14.7 Å². The molecule has 8 heteroatoms. The first-order valence-electron chi connectivity index (χ1n) is 6.84. The molecule has 7 nitrogen and oxygen atoms in total. The number of carboxylic acids is 1. The van der Waals surface area contributed by atoms with Crippen LogP contribution in [-0.4, -0.2) is 33.0 Å². The SMILES string of the molecule is Nc1nc2ccc(C(=O)NC(Cc3cccs3)C(=O)O)cc2[nH]1. The van der Waals surface area contributed by atoms with Crippen molar-refractivity contribution >= 4 is 40.2 Å². The summed E-state index contributed by atoms with van der Waals surface area (Å²) in [4.78, 5) is 31.5. The van der Waals surface area contributed by atoms with Gasteiger partial charge in [0.25, 0.3) is 5.91 Å². The molecule has 0 bridgehead atoms. The van der Waals surface area contributed by atoms with E-state index in [1.165, 1.54) is 11.3 Å². The number of thiophene rings is 1. The molecule has 3 aromatic rings. The number of hydrogen-bond acceptors (Lipinski definition) is 5. The number of carboxylic acid groups (broad SMARTS) is 1. The van der Waals surface area contributed by atoms with Gasteiger partial charge >= 0.3 is 5.97 Å². The van der Waals surface area contributed by atoms with Crippen LogP contribution in [0.5, 0.6) is 0 Å². The molecule has 0 saturated heterocycles. The summed E-state index contributed by atoms with van der Waals surface area (Å²) < 4.78 is 0. The summed E-state index contributed by atoms with van der Waals surface area (Å²) in [5.41, 5.74) is 7.19. The fourth-order valence-electron chi connectivity index (χ4n) is 2.24. The fourth-order valence-corrected chi connectivity index (χ4v) is 2.99. The van der Waals surface area contributed by atoms with Crippen molar-refractivity contribution in [2.75, 3.05) is 5.73 Å². The average molecular weight is 330 g/mol. The third-order valence-electron chi connectivity index (χ3n) is 3.35. The van der Waals surface area contributed by atoms with Gasteiger partial charge in [-0.3, -0.25) is 4.79 Å². The van der Waals surface area contributed by atoms with Gasteiger partial charge in [-0.25, -0.2) is 9.78 Å². The molecule has 3 rings (SSSR count). The highest BCUT2D eigenvalue weighted by Crippen LogP contribution is 2.15. The van der Waals surface area contributed by atoms with Crippen LogP contribution in [-0.2, 0) is 11.2 Å². The Kier molecular flexibility index (Phi) is 3.98. The van der Waals surface area contributed by atoms with Crippen LogP contribution >= 0.6 is 11.3 Å². The lowest BCUT2D eigenvalue weighted by Gasteiger charge is -2.13. The lowest BCUT2D eigenvalue weighted by Crippen LogP contribution is -2.42. The van der Waals surface area contributed by atoms with E-state index in [1.807, 2.05) is 17.5 Å². The number of benzene rings is 1. The highest BCUT2D eigenvalue weighted by Gasteiger charge is 2.21. The van der Waals surface area contributed by atoms with Gasteiger partial charge in [0, 0.05) is 16.9 Å². The third kappa shape index (κ3) is 3.32. The number of H-pyrrole nitrogens is 1. The molecule has 0 aliphatic carbocycles. The topological polar surface area (TPSA) is 121 Å². The second kappa shape index (κ2) is 6.09. The van der Waals surface area contributed by atoms with E-state index in [9.17, 15) is 14.7 Å². The molecule has 2 heterocycles. The maximum Gasteiger partial charge on any atom is 0.326 e. The maximum atomic E-state index is 12.3. The standard InChI is InChI=1S/C15H14N4O3S/c16-15-18-10-4-3-8(6-11(10)19-15)13(20)17-12(14(21)22)7-9-2-1-5-23-9/h1-6,12H,7H2,(H,17,20)(H,21,22)(H3,16,18,19). The van der Waals surface area contributed by atoms with Crippen LogP contribution in [0.3, 0.4) is 0 Å². The number of hydrogen-bond donors (Lipinski definition) is 4. The van der Waals surface area contributed by atoms with Crippen LogP contribution in [0.4, 0.5) is 5.95 Å². The highest BCUT2D eigenvalue weighted by molar-refractivity contribution is 7.09. The van der Waals surface area contributed by atoms with Gasteiger partial charge in [0.05, 0.1) is 11.0 Å². The lowest BCUT2D eigenvalue weighted by molar-refractivity contribution is -0.139. The summed E-state index contributed by atoms with van der Waals surface area (Å²) in [7, 11) is 0. The van der Waals surface area contributed by atoms with E-state index in [0.717, 1.165) is 4.88 Å². The quantitative estimate of drug-likeness (QED) is 0.566. The van der Waals surface area contributed by atoms with E-state index in [-0.39, 0.29) is 12.4 Å². The number of nitrogens with zero attached hydrogens (tertiary/aromatic N) is 1. The molecule has 1 atom stereocenters. The molecule has 5 N–H and O–H groups in total. The molecule has 0 fully saturated rings. The van der Waals surface area contributed by atoms with Crippen molar-refractivity contribution in [1.29, 1.82) is 0 Å². The average Bonchev–Trinajstić information content (AvgIpc) is 3.13. The number of aromatic amines is 1. The molecule has 0 aliphatic heterocycles. The van der Waals surface area contributed by atoms with Gasteiger partial charge in [-0.2, -0.15) is 0 Å². The van der Waals surface area contributed by atoms with E-state index in [4.69, 9.17) is 5.73 Å². The Morgan fingerprint density at radius 3 is 2.91 bits per heavy atom. The van der Waals surface area contributed by atoms with E-state index in [2.05, 4.69) is 15.3 Å². The number of anilines is 1. The number of nitrogens with one attached hydrogen (secondary N) is 2. The molecule has 0 saturated carbocycles. The lowest BCUT2D eigenvalue weighted by atomic mass is 10.1. The number of carbonyl (C=O) groups is 2. The molecule has 0 aliphatic rings. The number of imidazole rings is 1. The second-order valence-electron chi connectivity index (χ2n) is 5.00. The van der Waals surface area contributed by atoms with Crippen molar-refractivity contribution in [1.82, 2.24) is 15.3 Å². The van der Waals surface area contributed by atoms with Gasteiger partial charge in [0.2, 0.25) is 0 Å². The van der Waals surface area contributed by atoms with Gasteiger partial charge in [0.15, 0.2) is 5.95 Å². The van der Waals surface area contributed by atoms with Gasteiger partial charge < -0.3 is 21.1 Å². The molecular weight excluding hydrogens is 316 g/mol.